The number of methoxy groups -OCH3 is 1. The van der Waals surface area contributed by atoms with Crippen LogP contribution in [0.2, 0.25) is 0 Å². The third-order valence-corrected chi connectivity index (χ3v) is 4.59. The van der Waals surface area contributed by atoms with Gasteiger partial charge in [0, 0.05) is 18.7 Å². The van der Waals surface area contributed by atoms with E-state index < -0.39 is 30.4 Å². The van der Waals surface area contributed by atoms with Crippen molar-refractivity contribution in [3.05, 3.63) is 24.8 Å². The standard InChI is InChI=1S/C21H35NO7/c1-7-16-17(11-9-13-27-16)28-19(20(24)26-6)18(10-8-12-23)29-21(25)22(14(2)3)15(4)5/h7-8,10,14-19,23H,1,9,11-13H2,2-6H3/b10-8+/t16-,17+,18+,19+/m1/s1. The van der Waals surface area contributed by atoms with Crippen molar-refractivity contribution in [2.24, 2.45) is 0 Å². The SMILES string of the molecule is C=C[C@H]1OCCC[C@@H]1O[C@H](C(=O)OC)[C@H](/C=C/CO)OC(=O)N(C(C)C)C(C)C. The lowest BCUT2D eigenvalue weighted by atomic mass is 10.0. The van der Waals surface area contributed by atoms with Crippen LogP contribution in [0.1, 0.15) is 40.5 Å². The molecule has 8 heteroatoms. The summed E-state index contributed by atoms with van der Waals surface area (Å²) in [4.78, 5) is 26.8. The molecule has 166 valence electrons. The molecule has 4 atom stereocenters. The van der Waals surface area contributed by atoms with Crippen LogP contribution in [-0.2, 0) is 23.7 Å². The number of rotatable bonds is 10. The number of esters is 1. The van der Waals surface area contributed by atoms with Crippen LogP contribution in [0.3, 0.4) is 0 Å². The largest absolute Gasteiger partial charge is 0.467 e. The number of aliphatic hydroxyl groups excluding tert-OH is 1. The molecule has 0 saturated carbocycles. The van der Waals surface area contributed by atoms with Gasteiger partial charge in [-0.25, -0.2) is 9.59 Å². The predicted molar refractivity (Wildman–Crippen MR) is 108 cm³/mol. The van der Waals surface area contributed by atoms with E-state index in [1.165, 1.54) is 19.3 Å². The first-order valence-electron chi connectivity index (χ1n) is 10.0. The lowest BCUT2D eigenvalue weighted by Gasteiger charge is -2.35. The van der Waals surface area contributed by atoms with Crippen LogP contribution in [0, 0.1) is 0 Å². The van der Waals surface area contributed by atoms with Gasteiger partial charge in [0.2, 0.25) is 0 Å². The number of hydrogen-bond acceptors (Lipinski definition) is 7. The summed E-state index contributed by atoms with van der Waals surface area (Å²) < 4.78 is 22.2. The highest BCUT2D eigenvalue weighted by Gasteiger charge is 2.38. The van der Waals surface area contributed by atoms with Gasteiger partial charge in [-0.1, -0.05) is 12.2 Å². The summed E-state index contributed by atoms with van der Waals surface area (Å²) in [6.07, 6.45) is 2.23. The molecule has 0 aromatic rings. The number of ether oxygens (including phenoxy) is 4. The van der Waals surface area contributed by atoms with Crippen molar-refractivity contribution >= 4 is 12.1 Å². The highest BCUT2D eigenvalue weighted by atomic mass is 16.6. The zero-order valence-electron chi connectivity index (χ0n) is 18.1. The van der Waals surface area contributed by atoms with E-state index in [4.69, 9.17) is 18.9 Å². The summed E-state index contributed by atoms with van der Waals surface area (Å²) in [6, 6.07) is -0.196. The second-order valence-corrected chi connectivity index (χ2v) is 7.39. The van der Waals surface area contributed by atoms with Crippen LogP contribution in [0.15, 0.2) is 24.8 Å². The van der Waals surface area contributed by atoms with Gasteiger partial charge in [0.15, 0.2) is 12.2 Å². The van der Waals surface area contributed by atoms with Crippen LogP contribution in [0.4, 0.5) is 4.79 Å². The smallest absolute Gasteiger partial charge is 0.410 e. The van der Waals surface area contributed by atoms with Crippen LogP contribution in [0.5, 0.6) is 0 Å². The van der Waals surface area contributed by atoms with Crippen molar-refractivity contribution in [3.8, 4) is 0 Å². The van der Waals surface area contributed by atoms with E-state index in [0.717, 1.165) is 6.42 Å². The zero-order chi connectivity index (χ0) is 22.0. The summed E-state index contributed by atoms with van der Waals surface area (Å²) in [5.41, 5.74) is 0. The van der Waals surface area contributed by atoms with Gasteiger partial charge in [-0.15, -0.1) is 6.58 Å². The fraction of sp³-hybridized carbons (Fsp3) is 0.714. The number of hydrogen-bond donors (Lipinski definition) is 1. The van der Waals surface area contributed by atoms with Crippen LogP contribution < -0.4 is 0 Å². The summed E-state index contributed by atoms with van der Waals surface area (Å²) in [7, 11) is 1.24. The number of nitrogens with zero attached hydrogens (tertiary/aromatic N) is 1. The van der Waals surface area contributed by atoms with Crippen molar-refractivity contribution in [3.63, 3.8) is 0 Å². The van der Waals surface area contributed by atoms with Crippen LogP contribution >= 0.6 is 0 Å². The molecule has 0 aliphatic carbocycles. The summed E-state index contributed by atoms with van der Waals surface area (Å²) in [6.45, 7) is 11.6. The van der Waals surface area contributed by atoms with E-state index in [1.807, 2.05) is 27.7 Å². The van der Waals surface area contributed by atoms with E-state index in [9.17, 15) is 14.7 Å². The highest BCUT2D eigenvalue weighted by Crippen LogP contribution is 2.23. The molecule has 1 heterocycles. The average molecular weight is 414 g/mol. The Balaban J connectivity index is 3.12. The van der Waals surface area contributed by atoms with E-state index in [0.29, 0.717) is 13.0 Å². The van der Waals surface area contributed by atoms with E-state index in [1.54, 1.807) is 11.0 Å². The van der Waals surface area contributed by atoms with Crippen molar-refractivity contribution in [1.82, 2.24) is 4.90 Å². The summed E-state index contributed by atoms with van der Waals surface area (Å²) in [5, 5.41) is 9.19. The molecular formula is C21H35NO7. The molecule has 0 radical (unpaired) electrons. The molecule has 1 rings (SSSR count). The molecule has 0 unspecified atom stereocenters. The molecule has 1 saturated heterocycles. The molecule has 1 fully saturated rings. The summed E-state index contributed by atoms with van der Waals surface area (Å²) >= 11 is 0. The Kier molecular flexibility index (Phi) is 10.9. The molecule has 0 aromatic carbocycles. The molecular weight excluding hydrogens is 378 g/mol. The van der Waals surface area contributed by atoms with Gasteiger partial charge in [0.25, 0.3) is 0 Å². The fourth-order valence-electron chi connectivity index (χ4n) is 3.30. The Morgan fingerprint density at radius 1 is 1.28 bits per heavy atom. The molecule has 29 heavy (non-hydrogen) atoms. The monoisotopic (exact) mass is 413 g/mol. The molecule has 1 aliphatic heterocycles. The molecule has 0 aromatic heterocycles. The van der Waals surface area contributed by atoms with Gasteiger partial charge in [0.05, 0.1) is 19.8 Å². The van der Waals surface area contributed by atoms with Crippen LogP contribution in [0.25, 0.3) is 0 Å². The third kappa shape index (κ3) is 7.45. The topological polar surface area (TPSA) is 94.5 Å². The second-order valence-electron chi connectivity index (χ2n) is 7.39. The number of aliphatic hydroxyl groups is 1. The molecule has 1 amide bonds. The first-order valence-corrected chi connectivity index (χ1v) is 10.0. The number of carbonyl (C=O) groups excluding carboxylic acids is 2. The van der Waals surface area contributed by atoms with Crippen molar-refractivity contribution in [2.45, 2.75) is 77.0 Å². The Hall–Kier alpha value is -1.90. The number of amides is 1. The van der Waals surface area contributed by atoms with Gasteiger partial charge >= 0.3 is 12.1 Å². The van der Waals surface area contributed by atoms with Crippen LogP contribution in [-0.4, -0.2) is 78.9 Å². The van der Waals surface area contributed by atoms with Gasteiger partial charge < -0.3 is 29.0 Å². The lowest BCUT2D eigenvalue weighted by Crippen LogP contribution is -2.49. The Morgan fingerprint density at radius 3 is 2.45 bits per heavy atom. The van der Waals surface area contributed by atoms with Gasteiger partial charge in [-0.3, -0.25) is 0 Å². The lowest BCUT2D eigenvalue weighted by molar-refractivity contribution is -0.177. The maximum Gasteiger partial charge on any atom is 0.410 e. The molecule has 8 nitrogen and oxygen atoms in total. The minimum absolute atomic E-state index is 0.0978. The minimum Gasteiger partial charge on any atom is -0.467 e. The highest BCUT2D eigenvalue weighted by molar-refractivity contribution is 5.77. The van der Waals surface area contributed by atoms with E-state index >= 15 is 0 Å². The maximum absolute atomic E-state index is 12.8. The predicted octanol–water partition coefficient (Wildman–Crippen LogP) is 2.45. The molecule has 1 N–H and O–H groups in total. The first-order chi connectivity index (χ1) is 13.8. The van der Waals surface area contributed by atoms with Gasteiger partial charge in [-0.05, 0) is 46.6 Å². The average Bonchev–Trinajstić information content (AvgIpc) is 2.68. The zero-order valence-corrected chi connectivity index (χ0v) is 18.1. The van der Waals surface area contributed by atoms with Gasteiger partial charge in [-0.2, -0.15) is 0 Å². The quantitative estimate of drug-likeness (QED) is 0.434. The van der Waals surface area contributed by atoms with E-state index in [2.05, 4.69) is 6.58 Å². The fourth-order valence-corrected chi connectivity index (χ4v) is 3.30. The van der Waals surface area contributed by atoms with Crippen molar-refractivity contribution in [1.29, 1.82) is 0 Å². The number of carbonyl (C=O) groups is 2. The molecule has 0 spiro atoms. The molecule has 0 bridgehead atoms. The first kappa shape index (κ1) is 25.1. The third-order valence-electron chi connectivity index (χ3n) is 4.59. The maximum atomic E-state index is 12.8. The molecule has 1 aliphatic rings. The van der Waals surface area contributed by atoms with E-state index in [-0.39, 0.29) is 24.8 Å². The Bertz CT molecular complexity index is 553. The summed E-state index contributed by atoms with van der Waals surface area (Å²) in [5.74, 6) is -0.681. The second kappa shape index (κ2) is 12.6. The minimum atomic E-state index is -1.21. The van der Waals surface area contributed by atoms with Crippen molar-refractivity contribution < 1.29 is 33.6 Å². The Morgan fingerprint density at radius 2 is 1.93 bits per heavy atom. The van der Waals surface area contributed by atoms with Gasteiger partial charge in [0.1, 0.15) is 6.10 Å². The Labute approximate surface area is 173 Å². The van der Waals surface area contributed by atoms with Crippen molar-refractivity contribution in [2.75, 3.05) is 20.3 Å². The normalized spacial score (nSPS) is 21.8.